The maximum absolute atomic E-state index is 12.4. The lowest BCUT2D eigenvalue weighted by Gasteiger charge is -2.48. The summed E-state index contributed by atoms with van der Waals surface area (Å²) in [4.78, 5) is 25.2. The molecule has 0 bridgehead atoms. The number of carbonyl (C=O) groups excluding carboxylic acids is 1. The van der Waals surface area contributed by atoms with Gasteiger partial charge < -0.3 is 14.7 Å². The summed E-state index contributed by atoms with van der Waals surface area (Å²) in [6, 6.07) is 6.58. The van der Waals surface area contributed by atoms with Crippen LogP contribution in [0.4, 0.5) is 0 Å². The summed E-state index contributed by atoms with van der Waals surface area (Å²) >= 11 is 0. The van der Waals surface area contributed by atoms with Crippen LogP contribution in [0.2, 0.25) is 0 Å². The van der Waals surface area contributed by atoms with E-state index in [9.17, 15) is 9.59 Å². The van der Waals surface area contributed by atoms with Crippen LogP contribution in [0.25, 0.3) is 0 Å². The molecule has 5 nitrogen and oxygen atoms in total. The molecule has 1 aromatic rings. The van der Waals surface area contributed by atoms with Crippen molar-refractivity contribution in [3.05, 3.63) is 35.4 Å². The SMILES string of the molecule is O=C(O)c1cccc(CC(=O)N2CCOC3(CCC3)C2)c1. The fraction of sp³-hybridized carbons (Fsp3) is 0.500. The van der Waals surface area contributed by atoms with Crippen LogP contribution < -0.4 is 0 Å². The first-order valence-corrected chi connectivity index (χ1v) is 7.32. The van der Waals surface area contributed by atoms with Gasteiger partial charge in [-0.05, 0) is 37.0 Å². The normalized spacial score (nSPS) is 20.1. The molecule has 1 aliphatic heterocycles. The average molecular weight is 289 g/mol. The number of hydrogen-bond acceptors (Lipinski definition) is 3. The molecule has 1 aliphatic carbocycles. The van der Waals surface area contributed by atoms with Crippen molar-refractivity contribution in [3.63, 3.8) is 0 Å². The molecule has 1 saturated heterocycles. The van der Waals surface area contributed by atoms with E-state index in [-0.39, 0.29) is 23.5 Å². The monoisotopic (exact) mass is 289 g/mol. The second-order valence-corrected chi connectivity index (χ2v) is 5.88. The number of rotatable bonds is 3. The Bertz CT molecular complexity index is 565. The van der Waals surface area contributed by atoms with Crippen molar-refractivity contribution in [2.45, 2.75) is 31.3 Å². The molecule has 3 rings (SSSR count). The minimum Gasteiger partial charge on any atom is -0.478 e. The van der Waals surface area contributed by atoms with Crippen LogP contribution in [-0.2, 0) is 16.0 Å². The smallest absolute Gasteiger partial charge is 0.335 e. The van der Waals surface area contributed by atoms with E-state index in [0.29, 0.717) is 19.7 Å². The lowest BCUT2D eigenvalue weighted by Crippen LogP contribution is -2.57. The summed E-state index contributed by atoms with van der Waals surface area (Å²) in [5, 5.41) is 8.99. The Morgan fingerprint density at radius 2 is 2.14 bits per heavy atom. The summed E-state index contributed by atoms with van der Waals surface area (Å²) in [7, 11) is 0. The first kappa shape index (κ1) is 14.1. The predicted molar refractivity (Wildman–Crippen MR) is 76.2 cm³/mol. The Kier molecular flexibility index (Phi) is 3.68. The Labute approximate surface area is 123 Å². The Morgan fingerprint density at radius 3 is 2.81 bits per heavy atom. The number of amides is 1. The summed E-state index contributed by atoms with van der Waals surface area (Å²) in [5.41, 5.74) is 0.864. The molecule has 0 radical (unpaired) electrons. The molecule has 1 amide bonds. The molecule has 0 unspecified atom stereocenters. The molecule has 1 N–H and O–H groups in total. The van der Waals surface area contributed by atoms with Crippen LogP contribution in [0.1, 0.15) is 35.2 Å². The molecule has 1 heterocycles. The van der Waals surface area contributed by atoms with E-state index in [1.54, 1.807) is 18.2 Å². The van der Waals surface area contributed by atoms with Crippen molar-refractivity contribution < 1.29 is 19.4 Å². The largest absolute Gasteiger partial charge is 0.478 e. The van der Waals surface area contributed by atoms with E-state index in [1.165, 1.54) is 12.5 Å². The van der Waals surface area contributed by atoms with Crippen molar-refractivity contribution in [1.82, 2.24) is 4.90 Å². The number of carboxylic acids is 1. The highest BCUT2D eigenvalue weighted by Crippen LogP contribution is 2.38. The van der Waals surface area contributed by atoms with E-state index in [2.05, 4.69) is 0 Å². The minimum absolute atomic E-state index is 0.0483. The zero-order chi connectivity index (χ0) is 14.9. The zero-order valence-corrected chi connectivity index (χ0v) is 11.9. The molecule has 1 saturated carbocycles. The summed E-state index contributed by atoms with van der Waals surface area (Å²) in [6.45, 7) is 1.89. The maximum Gasteiger partial charge on any atom is 0.335 e. The zero-order valence-electron chi connectivity index (χ0n) is 11.9. The molecule has 0 aromatic heterocycles. The number of nitrogens with zero attached hydrogens (tertiary/aromatic N) is 1. The summed E-state index contributed by atoms with van der Waals surface area (Å²) in [5.74, 6) is -0.920. The second kappa shape index (κ2) is 5.48. The third kappa shape index (κ3) is 2.93. The van der Waals surface area contributed by atoms with E-state index in [4.69, 9.17) is 9.84 Å². The topological polar surface area (TPSA) is 66.8 Å². The minimum atomic E-state index is -0.968. The van der Waals surface area contributed by atoms with Crippen molar-refractivity contribution in [3.8, 4) is 0 Å². The van der Waals surface area contributed by atoms with Crippen molar-refractivity contribution in [1.29, 1.82) is 0 Å². The van der Waals surface area contributed by atoms with Gasteiger partial charge in [0.15, 0.2) is 0 Å². The standard InChI is InChI=1S/C16H19NO4/c18-14(10-12-3-1-4-13(9-12)15(19)20)17-7-8-21-16(11-17)5-2-6-16/h1,3-4,9H,2,5-8,10-11H2,(H,19,20). The lowest BCUT2D eigenvalue weighted by molar-refractivity contribution is -0.167. The Hall–Kier alpha value is -1.88. The Balaban J connectivity index is 1.65. The highest BCUT2D eigenvalue weighted by molar-refractivity contribution is 5.88. The van der Waals surface area contributed by atoms with Gasteiger partial charge in [0.2, 0.25) is 5.91 Å². The van der Waals surface area contributed by atoms with Crippen LogP contribution in [0.15, 0.2) is 24.3 Å². The molecule has 5 heteroatoms. The number of benzene rings is 1. The van der Waals surface area contributed by atoms with E-state index >= 15 is 0 Å². The lowest BCUT2D eigenvalue weighted by atomic mass is 9.79. The van der Waals surface area contributed by atoms with Gasteiger partial charge in [0.05, 0.1) is 24.2 Å². The quantitative estimate of drug-likeness (QED) is 0.920. The van der Waals surface area contributed by atoms with Crippen LogP contribution in [0, 0.1) is 0 Å². The summed E-state index contributed by atoms with van der Waals surface area (Å²) in [6.07, 6.45) is 3.48. The Morgan fingerprint density at radius 1 is 1.33 bits per heavy atom. The van der Waals surface area contributed by atoms with Crippen LogP contribution in [0.5, 0.6) is 0 Å². The molecule has 0 atom stereocenters. The van der Waals surface area contributed by atoms with Gasteiger partial charge in [0, 0.05) is 13.1 Å². The van der Waals surface area contributed by atoms with Crippen LogP contribution in [0.3, 0.4) is 0 Å². The van der Waals surface area contributed by atoms with Gasteiger partial charge in [-0.1, -0.05) is 12.1 Å². The number of carboxylic acid groups (broad SMARTS) is 1. The van der Waals surface area contributed by atoms with Gasteiger partial charge in [-0.25, -0.2) is 4.79 Å². The number of ether oxygens (including phenoxy) is 1. The molecular formula is C16H19NO4. The van der Waals surface area contributed by atoms with E-state index in [0.717, 1.165) is 18.4 Å². The van der Waals surface area contributed by atoms with Crippen LogP contribution >= 0.6 is 0 Å². The average Bonchev–Trinajstić information content (AvgIpc) is 2.46. The van der Waals surface area contributed by atoms with Crippen LogP contribution in [-0.4, -0.2) is 47.2 Å². The number of aromatic carboxylic acids is 1. The van der Waals surface area contributed by atoms with Crippen molar-refractivity contribution in [2.24, 2.45) is 0 Å². The predicted octanol–water partition coefficient (Wildman–Crippen LogP) is 1.71. The molecule has 2 aliphatic rings. The fourth-order valence-electron chi connectivity index (χ4n) is 3.03. The molecule has 112 valence electrons. The summed E-state index contributed by atoms with van der Waals surface area (Å²) < 4.78 is 5.81. The first-order valence-electron chi connectivity index (χ1n) is 7.32. The number of hydrogen-bond donors (Lipinski definition) is 1. The third-order valence-corrected chi connectivity index (χ3v) is 4.40. The van der Waals surface area contributed by atoms with Crippen molar-refractivity contribution in [2.75, 3.05) is 19.7 Å². The van der Waals surface area contributed by atoms with Gasteiger partial charge in [-0.2, -0.15) is 0 Å². The van der Waals surface area contributed by atoms with Crippen molar-refractivity contribution >= 4 is 11.9 Å². The van der Waals surface area contributed by atoms with E-state index in [1.807, 2.05) is 4.90 Å². The second-order valence-electron chi connectivity index (χ2n) is 5.88. The molecule has 2 fully saturated rings. The first-order chi connectivity index (χ1) is 10.1. The van der Waals surface area contributed by atoms with Gasteiger partial charge in [0.1, 0.15) is 0 Å². The number of morpholine rings is 1. The fourth-order valence-corrected chi connectivity index (χ4v) is 3.03. The van der Waals surface area contributed by atoms with Gasteiger partial charge in [0.25, 0.3) is 0 Å². The highest BCUT2D eigenvalue weighted by Gasteiger charge is 2.43. The highest BCUT2D eigenvalue weighted by atomic mass is 16.5. The van der Waals surface area contributed by atoms with Gasteiger partial charge >= 0.3 is 5.97 Å². The molecular weight excluding hydrogens is 270 g/mol. The number of carbonyl (C=O) groups is 2. The molecule has 1 aromatic carbocycles. The van der Waals surface area contributed by atoms with E-state index < -0.39 is 5.97 Å². The van der Waals surface area contributed by atoms with Gasteiger partial charge in [-0.3, -0.25) is 4.79 Å². The maximum atomic E-state index is 12.4. The van der Waals surface area contributed by atoms with Gasteiger partial charge in [-0.15, -0.1) is 0 Å². The molecule has 1 spiro atoms. The molecule has 21 heavy (non-hydrogen) atoms. The third-order valence-electron chi connectivity index (χ3n) is 4.40.